The molecule has 1 atom stereocenters. The molecule has 0 aliphatic carbocycles. The number of unbranched alkanes of at least 4 members (excludes halogenated alkanes) is 3. The van der Waals surface area contributed by atoms with Crippen LogP contribution in [0, 0.1) is 0 Å². The van der Waals surface area contributed by atoms with Crippen molar-refractivity contribution in [3.63, 3.8) is 0 Å². The summed E-state index contributed by atoms with van der Waals surface area (Å²) in [4.78, 5) is 0. The first-order valence-electron chi connectivity index (χ1n) is 9.31. The topological polar surface area (TPSA) is 0 Å². The van der Waals surface area contributed by atoms with E-state index in [-0.39, 0.29) is 8.80 Å². The Bertz CT molecular complexity index is 169. The fourth-order valence-corrected chi connectivity index (χ4v) is 14.2. The molecule has 0 nitrogen and oxygen atoms in total. The Hall–Kier alpha value is 1.02. The van der Waals surface area contributed by atoms with Crippen LogP contribution in [0.3, 0.4) is 0 Å². The third-order valence-corrected chi connectivity index (χ3v) is 16.9. The summed E-state index contributed by atoms with van der Waals surface area (Å²) < 4.78 is 5.04. The van der Waals surface area contributed by atoms with Gasteiger partial charge in [0.05, 0.1) is 0 Å². The van der Waals surface area contributed by atoms with E-state index in [1.165, 1.54) is 51.4 Å². The molecule has 0 spiro atoms. The van der Waals surface area contributed by atoms with Gasteiger partial charge < -0.3 is 0 Å². The van der Waals surface area contributed by atoms with E-state index in [1.807, 2.05) is 0 Å². The van der Waals surface area contributed by atoms with Gasteiger partial charge in [0.25, 0.3) is 0 Å². The minimum atomic E-state index is -0.839. The Labute approximate surface area is 138 Å². The molecule has 1 fully saturated rings. The van der Waals surface area contributed by atoms with Crippen molar-refractivity contribution in [2.45, 2.75) is 111 Å². The van der Waals surface area contributed by atoms with Gasteiger partial charge in [0.2, 0.25) is 0 Å². The zero-order valence-corrected chi connectivity index (χ0v) is 18.9. The van der Waals surface area contributed by atoms with Gasteiger partial charge in [-0.1, -0.05) is 37.9 Å². The molecule has 0 N–H and O–H groups in total. The summed E-state index contributed by atoms with van der Waals surface area (Å²) in [5.41, 5.74) is 1.12. The van der Waals surface area contributed by atoms with E-state index in [1.54, 1.807) is 19.4 Å². The fraction of sp³-hybridized carbons (Fsp3) is 1.00. The third-order valence-electron chi connectivity index (χ3n) is 4.70. The van der Waals surface area contributed by atoms with Gasteiger partial charge >= 0.3 is 92.4 Å². The minimum absolute atomic E-state index is 0.165. The molecular formula is C18H40SiSn. The van der Waals surface area contributed by atoms with E-state index >= 15 is 0 Å². The van der Waals surface area contributed by atoms with Gasteiger partial charge in [-0.3, -0.25) is 0 Å². The Morgan fingerprint density at radius 2 is 1.35 bits per heavy atom. The van der Waals surface area contributed by atoms with Crippen LogP contribution in [-0.4, -0.2) is 28.6 Å². The molecule has 1 aliphatic heterocycles. The van der Waals surface area contributed by atoms with Crippen LogP contribution in [0.25, 0.3) is 0 Å². The van der Waals surface area contributed by atoms with E-state index in [0.29, 0.717) is 0 Å². The summed E-state index contributed by atoms with van der Waals surface area (Å²) in [5, 5.41) is 0. The fourth-order valence-electron chi connectivity index (χ4n) is 2.84. The molecule has 0 aromatic heterocycles. The molecular weight excluding hydrogens is 363 g/mol. The van der Waals surface area contributed by atoms with Crippen molar-refractivity contribution >= 4 is 28.6 Å². The quantitative estimate of drug-likeness (QED) is 0.358. The van der Waals surface area contributed by atoms with Crippen LogP contribution in [-0.2, 0) is 0 Å². The Kier molecular flexibility index (Phi) is 15.7. The van der Waals surface area contributed by atoms with Gasteiger partial charge in [-0.15, -0.1) is 0 Å². The maximum absolute atomic E-state index is 2.46. The van der Waals surface area contributed by atoms with Gasteiger partial charge in [0, 0.05) is 8.80 Å². The number of hydrogen-bond donors (Lipinski definition) is 0. The predicted octanol–water partition coefficient (Wildman–Crippen LogP) is 7.18. The van der Waals surface area contributed by atoms with E-state index in [9.17, 15) is 0 Å². The summed E-state index contributed by atoms with van der Waals surface area (Å²) in [6.07, 6.45) is 11.9. The second kappa shape index (κ2) is 14.9. The number of rotatable bonds is 9. The molecule has 1 heterocycles. The second-order valence-electron chi connectivity index (χ2n) is 6.70. The van der Waals surface area contributed by atoms with Crippen LogP contribution >= 0.6 is 0 Å². The molecule has 2 radical (unpaired) electrons. The zero-order chi connectivity index (χ0) is 15.2. The molecule has 0 amide bonds. The standard InChI is InChI=1S/C6H13Si.3C4H9.Sn/c1-6-4-3-5-7(6)2;3*1-3-4-2;/h6H,3-5H2,1-2H3;3*1,3-4H2,2H3;. The first-order valence-corrected chi connectivity index (χ1v) is 17.6. The van der Waals surface area contributed by atoms with Gasteiger partial charge in [0.15, 0.2) is 0 Å². The molecule has 2 heteroatoms. The van der Waals surface area contributed by atoms with Crippen LogP contribution in [0.2, 0.25) is 31.4 Å². The molecule has 20 heavy (non-hydrogen) atoms. The number of hydrogen-bond acceptors (Lipinski definition) is 0. The molecule has 1 aliphatic rings. The Morgan fingerprint density at radius 3 is 1.55 bits per heavy atom. The first-order chi connectivity index (χ1) is 9.65. The summed E-state index contributed by atoms with van der Waals surface area (Å²) >= 11 is -0.839. The average molecular weight is 403 g/mol. The molecule has 0 aromatic rings. The normalized spacial score (nSPS) is 19.2. The van der Waals surface area contributed by atoms with Crippen LogP contribution < -0.4 is 0 Å². The second-order valence-corrected chi connectivity index (χ2v) is 18.4. The van der Waals surface area contributed by atoms with Crippen molar-refractivity contribution < 1.29 is 0 Å². The van der Waals surface area contributed by atoms with Crippen molar-refractivity contribution in [2.75, 3.05) is 0 Å². The van der Waals surface area contributed by atoms with Crippen molar-refractivity contribution in [3.05, 3.63) is 0 Å². The van der Waals surface area contributed by atoms with Crippen LogP contribution in [0.15, 0.2) is 0 Å². The van der Waals surface area contributed by atoms with Gasteiger partial charge in [-0.05, 0) is 0 Å². The van der Waals surface area contributed by atoms with Crippen LogP contribution in [0.1, 0.15) is 79.1 Å². The summed E-state index contributed by atoms with van der Waals surface area (Å²) in [6, 6.07) is 1.58. The van der Waals surface area contributed by atoms with Crippen molar-refractivity contribution in [1.29, 1.82) is 0 Å². The molecule has 1 rings (SSSR count). The van der Waals surface area contributed by atoms with E-state index in [0.717, 1.165) is 5.54 Å². The summed E-state index contributed by atoms with van der Waals surface area (Å²) in [7, 11) is 0.165. The van der Waals surface area contributed by atoms with Gasteiger partial charge in [-0.25, -0.2) is 0 Å². The Balaban J connectivity index is 0.000000428. The molecule has 120 valence electrons. The van der Waals surface area contributed by atoms with Crippen molar-refractivity contribution in [3.8, 4) is 0 Å². The first kappa shape index (κ1) is 21.0. The van der Waals surface area contributed by atoms with Gasteiger partial charge in [0.1, 0.15) is 0 Å². The van der Waals surface area contributed by atoms with Crippen LogP contribution in [0.4, 0.5) is 0 Å². The maximum atomic E-state index is 2.46. The van der Waals surface area contributed by atoms with E-state index in [2.05, 4.69) is 34.2 Å². The summed E-state index contributed by atoms with van der Waals surface area (Å²) in [5.74, 6) is 0. The van der Waals surface area contributed by atoms with Crippen molar-refractivity contribution in [1.82, 2.24) is 0 Å². The molecule has 0 saturated carbocycles. The molecule has 0 bridgehead atoms. The Morgan fingerprint density at radius 1 is 0.900 bits per heavy atom. The van der Waals surface area contributed by atoms with E-state index < -0.39 is 19.8 Å². The molecule has 0 aromatic carbocycles. The monoisotopic (exact) mass is 404 g/mol. The predicted molar refractivity (Wildman–Crippen MR) is 100.0 cm³/mol. The van der Waals surface area contributed by atoms with Crippen LogP contribution in [0.5, 0.6) is 0 Å². The molecule has 1 saturated heterocycles. The van der Waals surface area contributed by atoms with E-state index in [4.69, 9.17) is 0 Å². The SMILES string of the molecule is CC1CCC[Si]1C.CCC[CH2][Sn]([CH2]CCC)[CH2]CCC. The van der Waals surface area contributed by atoms with Gasteiger partial charge in [-0.2, -0.15) is 0 Å². The molecule has 1 unspecified atom stereocenters. The third kappa shape index (κ3) is 11.7. The average Bonchev–Trinajstić information content (AvgIpc) is 2.83. The summed E-state index contributed by atoms with van der Waals surface area (Å²) in [6.45, 7) is 11.9. The zero-order valence-electron chi connectivity index (χ0n) is 15.1. The van der Waals surface area contributed by atoms with Crippen molar-refractivity contribution in [2.24, 2.45) is 0 Å².